The van der Waals surface area contributed by atoms with Gasteiger partial charge in [-0.15, -0.1) is 0 Å². The van der Waals surface area contributed by atoms with Crippen LogP contribution in [0.2, 0.25) is 0 Å². The maximum absolute atomic E-state index is 12.6. The first-order chi connectivity index (χ1) is 10.6. The number of halogens is 1. The van der Waals surface area contributed by atoms with E-state index in [1.54, 1.807) is 12.1 Å². The zero-order chi connectivity index (χ0) is 16.1. The fraction of sp³-hybridized carbons (Fsp3) is 0.375. The van der Waals surface area contributed by atoms with Crippen molar-refractivity contribution in [2.75, 3.05) is 24.7 Å². The highest BCUT2D eigenvalue weighted by molar-refractivity contribution is 5.83. The molecule has 0 atom stereocenters. The van der Waals surface area contributed by atoms with Gasteiger partial charge >= 0.3 is 5.97 Å². The summed E-state index contributed by atoms with van der Waals surface area (Å²) in [6.07, 6.45) is 0.0627. The molecule has 118 valence electrons. The molecule has 1 aromatic heterocycles. The van der Waals surface area contributed by atoms with Crippen LogP contribution in [0.4, 0.5) is 10.1 Å². The highest BCUT2D eigenvalue weighted by atomic mass is 19.1. The van der Waals surface area contributed by atoms with Crippen molar-refractivity contribution in [3.8, 4) is 0 Å². The number of hydrogen-bond acceptors (Lipinski definition) is 3. The second-order valence-corrected chi connectivity index (χ2v) is 4.98. The minimum atomic E-state index is -0.837. The maximum atomic E-state index is 12.6. The van der Waals surface area contributed by atoms with Crippen LogP contribution in [0.5, 0.6) is 0 Å². The standard InChI is InChI=1S/C16H19FN2O3/c1-2-18(9-7-16(21)22)13-4-5-14-12(11-13)3-6-15(20)19(14)10-8-17/h3-6,11H,2,7-10H2,1H3,(H,21,22). The van der Waals surface area contributed by atoms with Crippen LogP contribution < -0.4 is 10.5 Å². The third kappa shape index (κ3) is 3.44. The Bertz CT molecular complexity index is 727. The van der Waals surface area contributed by atoms with Gasteiger partial charge in [0, 0.05) is 30.2 Å². The lowest BCUT2D eigenvalue weighted by atomic mass is 10.1. The molecule has 0 aliphatic rings. The molecule has 0 aliphatic heterocycles. The minimum absolute atomic E-state index is 0.0338. The molecule has 2 rings (SSSR count). The van der Waals surface area contributed by atoms with Gasteiger partial charge < -0.3 is 14.6 Å². The van der Waals surface area contributed by atoms with Crippen LogP contribution >= 0.6 is 0 Å². The molecule has 5 nitrogen and oxygen atoms in total. The number of anilines is 1. The Morgan fingerprint density at radius 2 is 2.09 bits per heavy atom. The van der Waals surface area contributed by atoms with Gasteiger partial charge in [0.25, 0.3) is 5.56 Å². The Morgan fingerprint density at radius 3 is 2.73 bits per heavy atom. The van der Waals surface area contributed by atoms with Crippen molar-refractivity contribution in [1.82, 2.24) is 4.57 Å². The Balaban J connectivity index is 2.39. The Kier molecular flexibility index (Phi) is 5.14. The van der Waals surface area contributed by atoms with Gasteiger partial charge in [-0.1, -0.05) is 0 Å². The molecule has 0 bridgehead atoms. The molecule has 1 aromatic carbocycles. The van der Waals surface area contributed by atoms with Crippen LogP contribution in [-0.2, 0) is 11.3 Å². The first kappa shape index (κ1) is 16.0. The SMILES string of the molecule is CCN(CCC(=O)O)c1ccc2c(ccc(=O)n2CCF)c1. The number of carboxylic acids is 1. The van der Waals surface area contributed by atoms with Crippen molar-refractivity contribution in [2.45, 2.75) is 19.9 Å². The Labute approximate surface area is 127 Å². The lowest BCUT2D eigenvalue weighted by Crippen LogP contribution is -2.26. The number of aliphatic carboxylic acids is 1. The zero-order valence-corrected chi connectivity index (χ0v) is 12.5. The van der Waals surface area contributed by atoms with Gasteiger partial charge in [-0.3, -0.25) is 9.59 Å². The summed E-state index contributed by atoms with van der Waals surface area (Å²) in [7, 11) is 0. The van der Waals surface area contributed by atoms with Crippen molar-refractivity contribution >= 4 is 22.6 Å². The number of carboxylic acid groups (broad SMARTS) is 1. The number of hydrogen-bond donors (Lipinski definition) is 1. The van der Waals surface area contributed by atoms with Crippen molar-refractivity contribution in [2.24, 2.45) is 0 Å². The molecule has 1 N–H and O–H groups in total. The largest absolute Gasteiger partial charge is 0.481 e. The number of aromatic nitrogens is 1. The van der Waals surface area contributed by atoms with E-state index < -0.39 is 12.6 Å². The van der Waals surface area contributed by atoms with E-state index in [4.69, 9.17) is 5.11 Å². The van der Waals surface area contributed by atoms with Crippen LogP contribution in [0.15, 0.2) is 35.1 Å². The first-order valence-electron chi connectivity index (χ1n) is 7.23. The third-order valence-corrected chi connectivity index (χ3v) is 3.62. The van der Waals surface area contributed by atoms with E-state index in [0.29, 0.717) is 18.6 Å². The van der Waals surface area contributed by atoms with Crippen LogP contribution in [-0.4, -0.2) is 35.4 Å². The average Bonchev–Trinajstić information content (AvgIpc) is 2.50. The quantitative estimate of drug-likeness (QED) is 0.852. The summed E-state index contributed by atoms with van der Waals surface area (Å²) in [5.41, 5.74) is 1.35. The summed E-state index contributed by atoms with van der Waals surface area (Å²) in [6, 6.07) is 8.65. The fourth-order valence-corrected chi connectivity index (χ4v) is 2.50. The molecule has 0 saturated heterocycles. The molecular weight excluding hydrogens is 287 g/mol. The van der Waals surface area contributed by atoms with E-state index in [-0.39, 0.29) is 18.5 Å². The number of nitrogens with zero attached hydrogens (tertiary/aromatic N) is 2. The smallest absolute Gasteiger partial charge is 0.305 e. The van der Waals surface area contributed by atoms with Crippen LogP contribution in [0, 0.1) is 0 Å². The second kappa shape index (κ2) is 7.06. The number of fused-ring (bicyclic) bond motifs is 1. The maximum Gasteiger partial charge on any atom is 0.305 e. The lowest BCUT2D eigenvalue weighted by Gasteiger charge is -2.23. The normalized spacial score (nSPS) is 10.8. The second-order valence-electron chi connectivity index (χ2n) is 4.98. The van der Waals surface area contributed by atoms with E-state index in [0.717, 1.165) is 11.1 Å². The van der Waals surface area contributed by atoms with E-state index >= 15 is 0 Å². The van der Waals surface area contributed by atoms with Gasteiger partial charge in [0.05, 0.1) is 18.5 Å². The van der Waals surface area contributed by atoms with Crippen LogP contribution in [0.25, 0.3) is 10.9 Å². The number of carbonyl (C=O) groups is 1. The van der Waals surface area contributed by atoms with Gasteiger partial charge in [0.1, 0.15) is 6.67 Å². The summed E-state index contributed by atoms with van der Waals surface area (Å²) >= 11 is 0. The monoisotopic (exact) mass is 306 g/mol. The molecule has 1 heterocycles. The van der Waals surface area contributed by atoms with E-state index in [9.17, 15) is 14.0 Å². The number of pyridine rings is 1. The Morgan fingerprint density at radius 1 is 1.32 bits per heavy atom. The van der Waals surface area contributed by atoms with Gasteiger partial charge in [-0.05, 0) is 31.2 Å². The molecule has 0 spiro atoms. The number of rotatable bonds is 7. The predicted octanol–water partition coefficient (Wildman–Crippen LogP) is 2.27. The summed E-state index contributed by atoms with van der Waals surface area (Å²) in [4.78, 5) is 24.5. The van der Waals surface area contributed by atoms with Crippen LogP contribution in [0.3, 0.4) is 0 Å². The zero-order valence-electron chi connectivity index (χ0n) is 12.5. The molecule has 0 aliphatic carbocycles. The predicted molar refractivity (Wildman–Crippen MR) is 84.3 cm³/mol. The topological polar surface area (TPSA) is 62.5 Å². The van der Waals surface area contributed by atoms with Crippen molar-refractivity contribution < 1.29 is 14.3 Å². The molecule has 0 saturated carbocycles. The van der Waals surface area contributed by atoms with Crippen molar-refractivity contribution in [3.05, 3.63) is 40.7 Å². The third-order valence-electron chi connectivity index (χ3n) is 3.62. The highest BCUT2D eigenvalue weighted by Gasteiger charge is 2.09. The minimum Gasteiger partial charge on any atom is -0.481 e. The lowest BCUT2D eigenvalue weighted by molar-refractivity contribution is -0.136. The van der Waals surface area contributed by atoms with Crippen LogP contribution in [0.1, 0.15) is 13.3 Å². The van der Waals surface area contributed by atoms with E-state index in [1.807, 2.05) is 24.0 Å². The number of alkyl halides is 1. The fourth-order valence-electron chi connectivity index (χ4n) is 2.50. The summed E-state index contributed by atoms with van der Waals surface area (Å²) in [5.74, 6) is -0.837. The molecule has 6 heteroatoms. The summed E-state index contributed by atoms with van der Waals surface area (Å²) < 4.78 is 14.0. The molecular formula is C16H19FN2O3. The van der Waals surface area contributed by atoms with E-state index in [1.165, 1.54) is 10.6 Å². The molecule has 0 radical (unpaired) electrons. The average molecular weight is 306 g/mol. The summed E-state index contributed by atoms with van der Waals surface area (Å²) in [6.45, 7) is 2.49. The number of aryl methyl sites for hydroxylation is 1. The van der Waals surface area contributed by atoms with Crippen molar-refractivity contribution in [1.29, 1.82) is 0 Å². The molecule has 22 heavy (non-hydrogen) atoms. The molecule has 2 aromatic rings. The molecule has 0 amide bonds. The Hall–Kier alpha value is -2.37. The van der Waals surface area contributed by atoms with Gasteiger partial charge in [-0.2, -0.15) is 0 Å². The van der Waals surface area contributed by atoms with E-state index in [2.05, 4.69) is 0 Å². The molecule has 0 unspecified atom stereocenters. The van der Waals surface area contributed by atoms with Crippen molar-refractivity contribution in [3.63, 3.8) is 0 Å². The highest BCUT2D eigenvalue weighted by Crippen LogP contribution is 2.21. The summed E-state index contributed by atoms with van der Waals surface area (Å²) in [5, 5.41) is 9.64. The van der Waals surface area contributed by atoms with Gasteiger partial charge in [0.2, 0.25) is 0 Å². The van der Waals surface area contributed by atoms with Gasteiger partial charge in [-0.25, -0.2) is 4.39 Å². The first-order valence-corrected chi connectivity index (χ1v) is 7.23. The number of benzene rings is 1. The van der Waals surface area contributed by atoms with Gasteiger partial charge in [0.15, 0.2) is 0 Å². The molecule has 0 fully saturated rings.